The third kappa shape index (κ3) is 4.14. The number of hydrogen-bond acceptors (Lipinski definition) is 3. The number of thiocarbonyl (C=S) groups is 1. The van der Waals surface area contributed by atoms with Gasteiger partial charge in [0.2, 0.25) is 0 Å². The van der Waals surface area contributed by atoms with Gasteiger partial charge in [-0.2, -0.15) is 0 Å². The van der Waals surface area contributed by atoms with Crippen molar-refractivity contribution in [2.45, 2.75) is 76.0 Å². The van der Waals surface area contributed by atoms with E-state index in [1.165, 1.54) is 44.9 Å². The van der Waals surface area contributed by atoms with E-state index in [1.54, 1.807) is 0 Å². The van der Waals surface area contributed by atoms with Crippen molar-refractivity contribution >= 4 is 17.2 Å². The van der Waals surface area contributed by atoms with Crippen LogP contribution in [-0.4, -0.2) is 41.2 Å². The summed E-state index contributed by atoms with van der Waals surface area (Å²) in [5.74, 6) is 0. The Morgan fingerprint density at radius 3 is 2.68 bits per heavy atom. The van der Waals surface area contributed by atoms with Crippen molar-refractivity contribution < 1.29 is 4.74 Å². The first-order chi connectivity index (χ1) is 9.01. The molecule has 2 aliphatic rings. The Bertz CT molecular complexity index is 315. The van der Waals surface area contributed by atoms with Crippen molar-refractivity contribution in [1.29, 1.82) is 0 Å². The van der Waals surface area contributed by atoms with E-state index in [0.29, 0.717) is 17.1 Å². The average molecular weight is 284 g/mol. The zero-order valence-electron chi connectivity index (χ0n) is 12.4. The van der Waals surface area contributed by atoms with Crippen LogP contribution in [0.3, 0.4) is 0 Å². The molecule has 2 rings (SSSR count). The van der Waals surface area contributed by atoms with E-state index in [-0.39, 0.29) is 5.60 Å². The summed E-state index contributed by atoms with van der Waals surface area (Å²) < 4.78 is 6.41. The molecule has 0 aromatic rings. The van der Waals surface area contributed by atoms with E-state index < -0.39 is 0 Å². The van der Waals surface area contributed by atoms with Crippen molar-refractivity contribution in [3.8, 4) is 0 Å². The van der Waals surface area contributed by atoms with Gasteiger partial charge in [0.15, 0.2) is 0 Å². The normalized spacial score (nSPS) is 27.8. The monoisotopic (exact) mass is 284 g/mol. The first kappa shape index (κ1) is 15.2. The first-order valence-electron chi connectivity index (χ1n) is 7.67. The molecule has 0 radical (unpaired) electrons. The third-order valence-electron chi connectivity index (χ3n) is 4.84. The Kier molecular flexibility index (Phi) is 5.21. The summed E-state index contributed by atoms with van der Waals surface area (Å²) in [5, 5.41) is 0. The Balaban J connectivity index is 1.79. The zero-order valence-corrected chi connectivity index (χ0v) is 13.2. The number of nitrogens with zero attached hydrogens (tertiary/aromatic N) is 1. The molecule has 1 saturated heterocycles. The highest BCUT2D eigenvalue weighted by Crippen LogP contribution is 2.42. The molecule has 1 aliphatic carbocycles. The van der Waals surface area contributed by atoms with E-state index >= 15 is 0 Å². The van der Waals surface area contributed by atoms with Gasteiger partial charge in [0, 0.05) is 19.0 Å². The second-order valence-corrected chi connectivity index (χ2v) is 7.01. The molecule has 0 amide bonds. The van der Waals surface area contributed by atoms with Crippen LogP contribution in [0.2, 0.25) is 0 Å². The van der Waals surface area contributed by atoms with Crippen LogP contribution < -0.4 is 5.73 Å². The van der Waals surface area contributed by atoms with Crippen LogP contribution in [0.15, 0.2) is 0 Å². The minimum absolute atomic E-state index is 0.232. The van der Waals surface area contributed by atoms with Crippen LogP contribution in [-0.2, 0) is 4.74 Å². The summed E-state index contributed by atoms with van der Waals surface area (Å²) in [6.07, 6.45) is 10.3. The Hall–Kier alpha value is -0.190. The highest BCUT2D eigenvalue weighted by molar-refractivity contribution is 7.80. The van der Waals surface area contributed by atoms with Gasteiger partial charge in [-0.15, -0.1) is 0 Å². The van der Waals surface area contributed by atoms with Crippen LogP contribution in [0, 0.1) is 0 Å². The maximum atomic E-state index is 6.41. The fourth-order valence-corrected chi connectivity index (χ4v) is 3.78. The number of rotatable bonds is 5. The molecule has 1 saturated carbocycles. The SMILES string of the molecule is CC(CC(N)=S)N(C)CC1CCC2(CCCCC2)O1. The van der Waals surface area contributed by atoms with Crippen LogP contribution in [0.1, 0.15) is 58.3 Å². The lowest BCUT2D eigenvalue weighted by Crippen LogP contribution is -2.39. The van der Waals surface area contributed by atoms with Crippen molar-refractivity contribution in [3.63, 3.8) is 0 Å². The van der Waals surface area contributed by atoms with Crippen LogP contribution in [0.4, 0.5) is 0 Å². The van der Waals surface area contributed by atoms with E-state index in [4.69, 9.17) is 22.7 Å². The number of ether oxygens (including phenoxy) is 1. The fraction of sp³-hybridized carbons (Fsp3) is 0.933. The predicted molar refractivity (Wildman–Crippen MR) is 83.4 cm³/mol. The van der Waals surface area contributed by atoms with Gasteiger partial charge in [-0.1, -0.05) is 31.5 Å². The van der Waals surface area contributed by atoms with Gasteiger partial charge in [-0.05, 0) is 39.7 Å². The molecule has 2 atom stereocenters. The van der Waals surface area contributed by atoms with Gasteiger partial charge >= 0.3 is 0 Å². The predicted octanol–water partition coefficient (Wildman–Crippen LogP) is 2.86. The van der Waals surface area contributed by atoms with Gasteiger partial charge in [-0.25, -0.2) is 0 Å². The molecule has 3 nitrogen and oxygen atoms in total. The molecule has 0 bridgehead atoms. The Labute approximate surface area is 122 Å². The summed E-state index contributed by atoms with van der Waals surface area (Å²) in [5.41, 5.74) is 5.86. The molecule has 110 valence electrons. The third-order valence-corrected chi connectivity index (χ3v) is 5.01. The van der Waals surface area contributed by atoms with Crippen molar-refractivity contribution in [3.05, 3.63) is 0 Å². The molecule has 1 aliphatic heterocycles. The topological polar surface area (TPSA) is 38.5 Å². The van der Waals surface area contributed by atoms with Crippen molar-refractivity contribution in [2.75, 3.05) is 13.6 Å². The summed E-state index contributed by atoms with van der Waals surface area (Å²) in [6, 6.07) is 0.406. The molecule has 0 aromatic carbocycles. The van der Waals surface area contributed by atoms with Crippen molar-refractivity contribution in [1.82, 2.24) is 4.90 Å². The van der Waals surface area contributed by atoms with Crippen LogP contribution >= 0.6 is 12.2 Å². The lowest BCUT2D eigenvalue weighted by molar-refractivity contribution is -0.0721. The standard InChI is InChI=1S/C15H28N2OS/c1-12(10-14(16)19)17(2)11-13-6-9-15(18-13)7-4-3-5-8-15/h12-13H,3-11H2,1-2H3,(H2,16,19). The summed E-state index contributed by atoms with van der Waals surface area (Å²) in [4.78, 5) is 2.95. The largest absolute Gasteiger partial charge is 0.393 e. The minimum Gasteiger partial charge on any atom is -0.393 e. The van der Waals surface area contributed by atoms with E-state index in [1.807, 2.05) is 0 Å². The molecule has 2 N–H and O–H groups in total. The Morgan fingerprint density at radius 2 is 2.05 bits per heavy atom. The maximum absolute atomic E-state index is 6.41. The second kappa shape index (κ2) is 6.51. The fourth-order valence-electron chi connectivity index (χ4n) is 3.54. The number of hydrogen-bond donors (Lipinski definition) is 1. The van der Waals surface area contributed by atoms with Gasteiger partial charge in [0.05, 0.1) is 16.7 Å². The number of likely N-dealkylation sites (N-methyl/N-ethyl adjacent to an activating group) is 1. The molecule has 1 heterocycles. The minimum atomic E-state index is 0.232. The maximum Gasteiger partial charge on any atom is 0.0742 e. The lowest BCUT2D eigenvalue weighted by atomic mass is 9.83. The van der Waals surface area contributed by atoms with E-state index in [9.17, 15) is 0 Å². The van der Waals surface area contributed by atoms with Crippen LogP contribution in [0.25, 0.3) is 0 Å². The zero-order chi connectivity index (χ0) is 13.9. The smallest absolute Gasteiger partial charge is 0.0742 e. The second-order valence-electron chi connectivity index (χ2n) is 6.48. The van der Waals surface area contributed by atoms with E-state index in [2.05, 4.69) is 18.9 Å². The molecular formula is C15H28N2OS. The molecule has 2 fully saturated rings. The molecular weight excluding hydrogens is 256 g/mol. The quantitative estimate of drug-likeness (QED) is 0.788. The van der Waals surface area contributed by atoms with Crippen molar-refractivity contribution in [2.24, 2.45) is 5.73 Å². The highest BCUT2D eigenvalue weighted by Gasteiger charge is 2.41. The Morgan fingerprint density at radius 1 is 1.37 bits per heavy atom. The van der Waals surface area contributed by atoms with Gasteiger partial charge in [0.25, 0.3) is 0 Å². The van der Waals surface area contributed by atoms with Crippen LogP contribution in [0.5, 0.6) is 0 Å². The lowest BCUT2D eigenvalue weighted by Gasteiger charge is -2.34. The summed E-state index contributed by atoms with van der Waals surface area (Å²) in [7, 11) is 2.15. The molecule has 4 heteroatoms. The average Bonchev–Trinajstić information content (AvgIpc) is 2.72. The number of nitrogens with two attached hydrogens (primary N) is 1. The first-order valence-corrected chi connectivity index (χ1v) is 8.08. The van der Waals surface area contributed by atoms with Gasteiger partial charge in [0.1, 0.15) is 0 Å². The molecule has 1 spiro atoms. The molecule has 2 unspecified atom stereocenters. The van der Waals surface area contributed by atoms with Gasteiger partial charge in [-0.3, -0.25) is 0 Å². The van der Waals surface area contributed by atoms with E-state index in [0.717, 1.165) is 13.0 Å². The highest BCUT2D eigenvalue weighted by atomic mass is 32.1. The summed E-state index contributed by atoms with van der Waals surface area (Å²) >= 11 is 4.99. The summed E-state index contributed by atoms with van der Waals surface area (Å²) in [6.45, 7) is 3.19. The van der Waals surface area contributed by atoms with Gasteiger partial charge < -0.3 is 15.4 Å². The molecule has 19 heavy (non-hydrogen) atoms. The molecule has 0 aromatic heterocycles.